The van der Waals surface area contributed by atoms with E-state index in [0.717, 1.165) is 22.3 Å². The van der Waals surface area contributed by atoms with Gasteiger partial charge in [0.05, 0.1) is 5.71 Å². The van der Waals surface area contributed by atoms with Crippen molar-refractivity contribution in [3.8, 4) is 23.0 Å². The van der Waals surface area contributed by atoms with Gasteiger partial charge in [-0.25, -0.2) is 0 Å². The van der Waals surface area contributed by atoms with E-state index in [9.17, 15) is 19.9 Å². The van der Waals surface area contributed by atoms with Crippen molar-refractivity contribution in [3.05, 3.63) is 75.3 Å². The zero-order valence-corrected chi connectivity index (χ0v) is 28.8. The molecule has 0 radical (unpaired) electrons. The summed E-state index contributed by atoms with van der Waals surface area (Å²) < 4.78 is 18.1. The minimum Gasteiger partial charge on any atom is -0.508 e. The van der Waals surface area contributed by atoms with E-state index in [-0.39, 0.29) is 35.5 Å². The summed E-state index contributed by atoms with van der Waals surface area (Å²) in [4.78, 5) is 25.5. The monoisotopic (exact) mass is 630 g/mol. The van der Waals surface area contributed by atoms with Crippen molar-refractivity contribution in [1.29, 1.82) is 0 Å². The number of hydrogen-bond donors (Lipinski definition) is 3. The lowest BCUT2D eigenvalue weighted by Crippen LogP contribution is -2.45. The van der Waals surface area contributed by atoms with Crippen LogP contribution in [-0.2, 0) is 15.6 Å². The number of amides is 1. The molecule has 0 saturated carbocycles. The number of aromatic hydroxyl groups is 1. The SMILES string of the molecule is CC(=O)Oc1c(C)c(C)c2c(c1C)/C(=N\O)CC(C)(COc1ccc(NC(=O)c3c(C(C)(C)C)cc(O)cc3C(C)(C)C)cc1)O2. The van der Waals surface area contributed by atoms with E-state index in [1.54, 1.807) is 36.4 Å². The second kappa shape index (κ2) is 12.3. The van der Waals surface area contributed by atoms with Crippen molar-refractivity contribution >= 4 is 23.3 Å². The summed E-state index contributed by atoms with van der Waals surface area (Å²) in [6.07, 6.45) is 0.256. The maximum absolute atomic E-state index is 13.7. The van der Waals surface area contributed by atoms with E-state index in [1.165, 1.54) is 6.92 Å². The van der Waals surface area contributed by atoms with Crippen molar-refractivity contribution in [2.45, 2.75) is 99.0 Å². The van der Waals surface area contributed by atoms with Crippen LogP contribution in [0.15, 0.2) is 41.6 Å². The topological polar surface area (TPSA) is 127 Å². The lowest BCUT2D eigenvalue weighted by molar-refractivity contribution is -0.132. The molecule has 0 aromatic heterocycles. The molecule has 46 heavy (non-hydrogen) atoms. The van der Waals surface area contributed by atoms with E-state index < -0.39 is 11.6 Å². The van der Waals surface area contributed by atoms with Crippen molar-refractivity contribution in [1.82, 2.24) is 0 Å². The number of ether oxygens (including phenoxy) is 3. The Morgan fingerprint density at radius 2 is 1.52 bits per heavy atom. The molecule has 3 aromatic rings. The van der Waals surface area contributed by atoms with Crippen molar-refractivity contribution in [2.75, 3.05) is 11.9 Å². The van der Waals surface area contributed by atoms with Gasteiger partial charge in [-0.2, -0.15) is 0 Å². The molecule has 3 N–H and O–H groups in total. The lowest BCUT2D eigenvalue weighted by atomic mass is 9.76. The smallest absolute Gasteiger partial charge is 0.308 e. The lowest BCUT2D eigenvalue weighted by Gasteiger charge is -2.38. The van der Waals surface area contributed by atoms with Crippen LogP contribution in [0.1, 0.15) is 106 Å². The Hall–Kier alpha value is -4.53. The number of carbonyl (C=O) groups excluding carboxylic acids is 2. The number of phenolic OH excluding ortho intramolecular Hbond substituents is 1. The summed E-state index contributed by atoms with van der Waals surface area (Å²) in [6.45, 7) is 21.1. The molecule has 9 heteroatoms. The highest BCUT2D eigenvalue weighted by atomic mass is 16.5. The fraction of sp³-hybridized carbons (Fsp3) is 0.432. The second-order valence-electron chi connectivity index (χ2n) is 14.5. The number of nitrogens with zero attached hydrogens (tertiary/aromatic N) is 1. The Kier molecular flexibility index (Phi) is 9.22. The van der Waals surface area contributed by atoms with Gasteiger partial charge in [0.15, 0.2) is 0 Å². The first-order chi connectivity index (χ1) is 21.3. The van der Waals surface area contributed by atoms with Crippen LogP contribution in [0.25, 0.3) is 0 Å². The van der Waals surface area contributed by atoms with Crippen LogP contribution in [0.4, 0.5) is 5.69 Å². The van der Waals surface area contributed by atoms with E-state index in [0.29, 0.717) is 45.3 Å². The van der Waals surface area contributed by atoms with Gasteiger partial charge in [-0.3, -0.25) is 9.59 Å². The predicted molar refractivity (Wildman–Crippen MR) is 179 cm³/mol. The molecule has 0 fully saturated rings. The first-order valence-electron chi connectivity index (χ1n) is 15.4. The maximum Gasteiger partial charge on any atom is 0.308 e. The molecular formula is C37H46N2O7. The Balaban J connectivity index is 1.54. The minimum atomic E-state index is -0.861. The summed E-state index contributed by atoms with van der Waals surface area (Å²) in [6, 6.07) is 10.4. The van der Waals surface area contributed by atoms with Gasteiger partial charge in [-0.15, -0.1) is 0 Å². The highest BCUT2D eigenvalue weighted by Gasteiger charge is 2.40. The quantitative estimate of drug-likeness (QED) is 0.109. The number of hydrogen-bond acceptors (Lipinski definition) is 8. The molecule has 246 valence electrons. The van der Waals surface area contributed by atoms with Crippen LogP contribution in [0.2, 0.25) is 0 Å². The molecule has 1 aliphatic rings. The third-order valence-electron chi connectivity index (χ3n) is 8.35. The van der Waals surface area contributed by atoms with Gasteiger partial charge in [0, 0.05) is 35.7 Å². The molecular weight excluding hydrogens is 584 g/mol. The first-order valence-corrected chi connectivity index (χ1v) is 15.4. The zero-order chi connectivity index (χ0) is 34.4. The third kappa shape index (κ3) is 6.98. The molecule has 4 rings (SSSR count). The summed E-state index contributed by atoms with van der Waals surface area (Å²) in [5.74, 6) is 1.03. The van der Waals surface area contributed by atoms with Crippen LogP contribution in [0.5, 0.6) is 23.0 Å². The molecule has 1 amide bonds. The van der Waals surface area contributed by atoms with Gasteiger partial charge in [0.25, 0.3) is 5.91 Å². The van der Waals surface area contributed by atoms with Crippen LogP contribution in [0.3, 0.4) is 0 Å². The summed E-state index contributed by atoms with van der Waals surface area (Å²) in [7, 11) is 0. The van der Waals surface area contributed by atoms with E-state index in [1.807, 2.05) is 69.2 Å². The molecule has 1 unspecified atom stereocenters. The van der Waals surface area contributed by atoms with Crippen LogP contribution >= 0.6 is 0 Å². The second-order valence-corrected chi connectivity index (χ2v) is 14.5. The highest BCUT2D eigenvalue weighted by molar-refractivity contribution is 6.07. The Bertz CT molecular complexity index is 1670. The van der Waals surface area contributed by atoms with Gasteiger partial charge in [-0.1, -0.05) is 46.7 Å². The fourth-order valence-corrected chi connectivity index (χ4v) is 5.87. The van der Waals surface area contributed by atoms with Crippen molar-refractivity contribution in [2.24, 2.45) is 5.16 Å². The van der Waals surface area contributed by atoms with E-state index >= 15 is 0 Å². The van der Waals surface area contributed by atoms with Crippen LogP contribution < -0.4 is 19.5 Å². The van der Waals surface area contributed by atoms with Gasteiger partial charge in [0.1, 0.15) is 35.2 Å². The minimum absolute atomic E-state index is 0.136. The average molecular weight is 631 g/mol. The number of nitrogens with one attached hydrogen (secondary N) is 1. The molecule has 0 bridgehead atoms. The Morgan fingerprint density at radius 1 is 0.957 bits per heavy atom. The van der Waals surface area contributed by atoms with Crippen molar-refractivity contribution in [3.63, 3.8) is 0 Å². The number of rotatable bonds is 6. The average Bonchev–Trinajstić information content (AvgIpc) is 2.96. The molecule has 0 aliphatic carbocycles. The van der Waals surface area contributed by atoms with Gasteiger partial charge < -0.3 is 29.8 Å². The maximum atomic E-state index is 13.7. The summed E-state index contributed by atoms with van der Waals surface area (Å²) in [5.41, 5.74) is 4.32. The molecule has 3 aromatic carbocycles. The number of oxime groups is 1. The number of fused-ring (bicyclic) bond motifs is 1. The normalized spacial score (nSPS) is 17.2. The van der Waals surface area contributed by atoms with E-state index in [2.05, 4.69) is 10.5 Å². The largest absolute Gasteiger partial charge is 0.508 e. The number of carbonyl (C=O) groups is 2. The third-order valence-corrected chi connectivity index (χ3v) is 8.35. The molecule has 1 aliphatic heterocycles. The Labute approximate surface area is 271 Å². The van der Waals surface area contributed by atoms with Gasteiger partial charge >= 0.3 is 5.97 Å². The fourth-order valence-electron chi connectivity index (χ4n) is 5.87. The molecule has 9 nitrogen and oxygen atoms in total. The van der Waals surface area contributed by atoms with E-state index in [4.69, 9.17) is 14.2 Å². The number of benzene rings is 3. The predicted octanol–water partition coefficient (Wildman–Crippen LogP) is 7.89. The number of esters is 1. The Morgan fingerprint density at radius 3 is 2.02 bits per heavy atom. The van der Waals surface area contributed by atoms with Crippen LogP contribution in [-0.4, -0.2) is 40.1 Å². The first kappa shape index (κ1) is 34.3. The number of anilines is 1. The van der Waals surface area contributed by atoms with Gasteiger partial charge in [0.2, 0.25) is 0 Å². The molecule has 0 spiro atoms. The van der Waals surface area contributed by atoms with Gasteiger partial charge in [-0.05, 0) is 97.2 Å². The molecule has 0 saturated heterocycles. The summed E-state index contributed by atoms with van der Waals surface area (Å²) >= 11 is 0. The summed E-state index contributed by atoms with van der Waals surface area (Å²) in [5, 5.41) is 27.1. The highest BCUT2D eigenvalue weighted by Crippen LogP contribution is 2.44. The standard InChI is InChI=1S/C37H46N2O7/c1-20-21(2)33-30(22(3)32(20)45-23(4)40)29(39-43)18-37(11,46-33)19-44-26-14-12-24(13-15-26)38-34(42)31-27(35(5,6)7)16-25(41)17-28(31)36(8,9)10/h12-17,41,43H,18-19H2,1-11H3,(H,38,42)/b39-29-. The zero-order valence-electron chi connectivity index (χ0n) is 28.8. The van der Waals surface area contributed by atoms with Crippen molar-refractivity contribution < 1.29 is 34.1 Å². The molecule has 1 atom stereocenters. The van der Waals surface area contributed by atoms with Crippen LogP contribution in [0, 0.1) is 20.8 Å². The number of phenols is 1. The molecule has 1 heterocycles.